The number of aromatic nitrogens is 1. The van der Waals surface area contributed by atoms with Crippen LogP contribution in [0.4, 0.5) is 5.69 Å². The van der Waals surface area contributed by atoms with Gasteiger partial charge in [-0.1, -0.05) is 0 Å². The first-order valence-electron chi connectivity index (χ1n) is 6.06. The third-order valence-electron chi connectivity index (χ3n) is 3.26. The zero-order valence-electron chi connectivity index (χ0n) is 10.4. The van der Waals surface area contributed by atoms with Gasteiger partial charge in [0.1, 0.15) is 5.69 Å². The number of rotatable bonds is 2. The van der Waals surface area contributed by atoms with Crippen LogP contribution in [0.15, 0.2) is 12.3 Å². The number of carbonyl (C=O) groups is 2. The fourth-order valence-electron chi connectivity index (χ4n) is 2.28. The molecule has 1 aliphatic rings. The van der Waals surface area contributed by atoms with Crippen LogP contribution in [0.1, 0.15) is 23.3 Å². The summed E-state index contributed by atoms with van der Waals surface area (Å²) in [6, 6.07) is 1.62. The molecule has 2 rings (SSSR count). The highest BCUT2D eigenvalue weighted by molar-refractivity contribution is 5.94. The summed E-state index contributed by atoms with van der Waals surface area (Å²) in [5.41, 5.74) is 6.59. The van der Waals surface area contributed by atoms with Crippen LogP contribution in [0.2, 0.25) is 0 Å². The van der Waals surface area contributed by atoms with E-state index in [-0.39, 0.29) is 17.7 Å². The first-order chi connectivity index (χ1) is 8.61. The maximum atomic E-state index is 12.2. The maximum Gasteiger partial charge on any atom is 0.270 e. The van der Waals surface area contributed by atoms with Crippen LogP contribution >= 0.6 is 0 Å². The van der Waals surface area contributed by atoms with E-state index in [1.807, 2.05) is 0 Å². The van der Waals surface area contributed by atoms with E-state index in [2.05, 4.69) is 10.3 Å². The number of hydrogen-bond acceptors (Lipinski definition) is 3. The van der Waals surface area contributed by atoms with Crippen LogP contribution in [0.25, 0.3) is 0 Å². The third kappa shape index (κ3) is 2.47. The summed E-state index contributed by atoms with van der Waals surface area (Å²) in [7, 11) is 1.62. The Labute approximate surface area is 106 Å². The molecule has 4 N–H and O–H groups in total. The number of nitrogens with zero attached hydrogens (tertiary/aromatic N) is 1. The predicted molar refractivity (Wildman–Crippen MR) is 67.9 cm³/mol. The fourth-order valence-corrected chi connectivity index (χ4v) is 2.28. The van der Waals surface area contributed by atoms with Crippen molar-refractivity contribution in [1.82, 2.24) is 15.2 Å². The molecule has 0 aromatic carbocycles. The van der Waals surface area contributed by atoms with Gasteiger partial charge in [0, 0.05) is 32.0 Å². The summed E-state index contributed by atoms with van der Waals surface area (Å²) in [6.45, 7) is 1.16. The van der Waals surface area contributed by atoms with Gasteiger partial charge in [-0.3, -0.25) is 9.59 Å². The van der Waals surface area contributed by atoms with Crippen LogP contribution in [-0.2, 0) is 4.79 Å². The average Bonchev–Trinajstić information content (AvgIpc) is 2.83. The minimum absolute atomic E-state index is 0.00139. The van der Waals surface area contributed by atoms with Gasteiger partial charge in [-0.15, -0.1) is 0 Å². The molecule has 6 heteroatoms. The largest absolute Gasteiger partial charge is 0.397 e. The normalized spacial score (nSPS) is 19.6. The molecule has 1 unspecified atom stereocenters. The molecule has 1 fully saturated rings. The molecule has 1 atom stereocenters. The lowest BCUT2D eigenvalue weighted by molar-refractivity contribution is -0.125. The van der Waals surface area contributed by atoms with Crippen LogP contribution in [0.3, 0.4) is 0 Å². The zero-order chi connectivity index (χ0) is 13.1. The van der Waals surface area contributed by atoms with Gasteiger partial charge in [0.25, 0.3) is 5.91 Å². The van der Waals surface area contributed by atoms with Crippen LogP contribution in [0, 0.1) is 5.92 Å². The van der Waals surface area contributed by atoms with E-state index < -0.39 is 0 Å². The topological polar surface area (TPSA) is 91.2 Å². The van der Waals surface area contributed by atoms with E-state index in [4.69, 9.17) is 5.73 Å². The highest BCUT2D eigenvalue weighted by Gasteiger charge is 2.28. The monoisotopic (exact) mass is 250 g/mol. The Morgan fingerprint density at radius 1 is 1.56 bits per heavy atom. The number of aromatic amines is 1. The Hall–Kier alpha value is -1.98. The van der Waals surface area contributed by atoms with E-state index in [0.29, 0.717) is 24.5 Å². The Balaban J connectivity index is 2.05. The van der Waals surface area contributed by atoms with Gasteiger partial charge in [0.05, 0.1) is 5.92 Å². The van der Waals surface area contributed by atoms with Gasteiger partial charge in [0.15, 0.2) is 0 Å². The minimum Gasteiger partial charge on any atom is -0.397 e. The van der Waals surface area contributed by atoms with E-state index in [1.54, 1.807) is 24.2 Å². The van der Waals surface area contributed by atoms with Crippen molar-refractivity contribution < 1.29 is 9.59 Å². The molecule has 1 aromatic heterocycles. The molecule has 18 heavy (non-hydrogen) atoms. The predicted octanol–water partition coefficient (Wildman–Crippen LogP) is 0.195. The number of nitrogens with two attached hydrogens (primary N) is 1. The molecule has 2 heterocycles. The van der Waals surface area contributed by atoms with E-state index in [1.165, 1.54) is 0 Å². The van der Waals surface area contributed by atoms with Crippen molar-refractivity contribution in [2.24, 2.45) is 5.92 Å². The molecule has 0 aliphatic carbocycles. The highest BCUT2D eigenvalue weighted by atomic mass is 16.2. The SMILES string of the molecule is CNC(=O)C1CCCN(C(=O)c2cc(N)c[nH]2)C1. The number of likely N-dealkylation sites (tertiary alicyclic amines) is 1. The van der Waals surface area contributed by atoms with Crippen LogP contribution < -0.4 is 11.1 Å². The molecular weight excluding hydrogens is 232 g/mol. The third-order valence-corrected chi connectivity index (χ3v) is 3.26. The lowest BCUT2D eigenvalue weighted by atomic mass is 9.97. The smallest absolute Gasteiger partial charge is 0.270 e. The molecule has 0 bridgehead atoms. The molecule has 0 radical (unpaired) electrons. The summed E-state index contributed by atoms with van der Waals surface area (Å²) in [5.74, 6) is -0.209. The average molecular weight is 250 g/mol. The molecule has 1 aromatic rings. The van der Waals surface area contributed by atoms with Gasteiger partial charge < -0.3 is 20.9 Å². The number of amides is 2. The molecule has 2 amide bonds. The number of nitrogen functional groups attached to an aromatic ring is 1. The number of piperidine rings is 1. The van der Waals surface area contributed by atoms with Gasteiger partial charge >= 0.3 is 0 Å². The Morgan fingerprint density at radius 3 is 2.94 bits per heavy atom. The first kappa shape index (κ1) is 12.5. The van der Waals surface area contributed by atoms with Crippen LogP contribution in [0.5, 0.6) is 0 Å². The van der Waals surface area contributed by atoms with Crippen LogP contribution in [-0.4, -0.2) is 41.8 Å². The lowest BCUT2D eigenvalue weighted by Gasteiger charge is -2.31. The van der Waals surface area contributed by atoms with Crippen molar-refractivity contribution >= 4 is 17.5 Å². The van der Waals surface area contributed by atoms with Crippen molar-refractivity contribution in [3.63, 3.8) is 0 Å². The number of anilines is 1. The number of hydrogen-bond donors (Lipinski definition) is 3. The molecule has 1 aliphatic heterocycles. The van der Waals surface area contributed by atoms with Crippen molar-refractivity contribution in [3.8, 4) is 0 Å². The van der Waals surface area contributed by atoms with Gasteiger partial charge in [-0.2, -0.15) is 0 Å². The molecule has 98 valence electrons. The van der Waals surface area contributed by atoms with E-state index >= 15 is 0 Å². The number of nitrogens with one attached hydrogen (secondary N) is 2. The van der Waals surface area contributed by atoms with Crippen molar-refractivity contribution in [2.75, 3.05) is 25.9 Å². The quantitative estimate of drug-likeness (QED) is 0.700. The van der Waals surface area contributed by atoms with Crippen molar-refractivity contribution in [1.29, 1.82) is 0 Å². The Morgan fingerprint density at radius 2 is 2.33 bits per heavy atom. The Kier molecular flexibility index (Phi) is 3.55. The zero-order valence-corrected chi connectivity index (χ0v) is 10.4. The summed E-state index contributed by atoms with van der Waals surface area (Å²) in [4.78, 5) is 28.3. The first-order valence-corrected chi connectivity index (χ1v) is 6.06. The van der Waals surface area contributed by atoms with Gasteiger partial charge in [0.2, 0.25) is 5.91 Å². The van der Waals surface area contributed by atoms with E-state index in [9.17, 15) is 9.59 Å². The molecule has 1 saturated heterocycles. The maximum absolute atomic E-state index is 12.2. The summed E-state index contributed by atoms with van der Waals surface area (Å²) >= 11 is 0. The van der Waals surface area contributed by atoms with E-state index in [0.717, 1.165) is 12.8 Å². The van der Waals surface area contributed by atoms with Gasteiger partial charge in [-0.05, 0) is 18.9 Å². The lowest BCUT2D eigenvalue weighted by Crippen LogP contribution is -2.44. The van der Waals surface area contributed by atoms with Crippen molar-refractivity contribution in [3.05, 3.63) is 18.0 Å². The number of H-pyrrole nitrogens is 1. The standard InChI is InChI=1S/C12H18N4O2/c1-14-11(17)8-3-2-4-16(7-8)12(18)10-5-9(13)6-15-10/h5-6,8,15H,2-4,7,13H2,1H3,(H,14,17). The Bertz CT molecular complexity index is 455. The van der Waals surface area contributed by atoms with Crippen molar-refractivity contribution in [2.45, 2.75) is 12.8 Å². The fraction of sp³-hybridized carbons (Fsp3) is 0.500. The highest BCUT2D eigenvalue weighted by Crippen LogP contribution is 2.19. The summed E-state index contributed by atoms with van der Waals surface area (Å²) in [5, 5.41) is 2.63. The second-order valence-electron chi connectivity index (χ2n) is 4.55. The molecule has 0 saturated carbocycles. The molecular formula is C12H18N4O2. The molecule has 6 nitrogen and oxygen atoms in total. The second kappa shape index (κ2) is 5.12. The second-order valence-corrected chi connectivity index (χ2v) is 4.55. The summed E-state index contributed by atoms with van der Waals surface area (Å²) in [6.07, 6.45) is 3.27. The van der Waals surface area contributed by atoms with Gasteiger partial charge in [-0.25, -0.2) is 0 Å². The number of carbonyl (C=O) groups excluding carboxylic acids is 2. The minimum atomic E-state index is -0.111. The molecule has 0 spiro atoms. The summed E-state index contributed by atoms with van der Waals surface area (Å²) < 4.78 is 0.